The lowest BCUT2D eigenvalue weighted by Gasteiger charge is -2.13. The highest BCUT2D eigenvalue weighted by Gasteiger charge is 2.22. The van der Waals surface area contributed by atoms with E-state index in [0.717, 1.165) is 49.7 Å². The number of aromatic nitrogens is 1. The second-order valence-electron chi connectivity index (χ2n) is 9.53. The molecule has 172 valence electrons. The highest BCUT2D eigenvalue weighted by Crippen LogP contribution is 2.45. The third-order valence-corrected chi connectivity index (χ3v) is 7.46. The third kappa shape index (κ3) is 2.96. The van der Waals surface area contributed by atoms with Gasteiger partial charge in [0, 0.05) is 16.2 Å². The predicted molar refractivity (Wildman–Crippen MR) is 154 cm³/mol. The van der Waals surface area contributed by atoms with E-state index in [0.29, 0.717) is 5.89 Å². The monoisotopic (exact) mass is 471 g/mol. The van der Waals surface area contributed by atoms with Crippen LogP contribution < -0.4 is 0 Å². The molecule has 0 N–H and O–H groups in total. The highest BCUT2D eigenvalue weighted by molar-refractivity contribution is 6.32. The van der Waals surface area contributed by atoms with Crippen LogP contribution >= 0.6 is 0 Å². The molecule has 2 heteroatoms. The van der Waals surface area contributed by atoms with Crippen molar-refractivity contribution < 1.29 is 4.42 Å². The molecule has 0 bridgehead atoms. The molecule has 0 atom stereocenters. The van der Waals surface area contributed by atoms with E-state index in [1.807, 2.05) is 12.1 Å². The molecule has 0 fully saturated rings. The van der Waals surface area contributed by atoms with E-state index in [-0.39, 0.29) is 0 Å². The smallest absolute Gasteiger partial charge is 0.228 e. The average Bonchev–Trinajstić information content (AvgIpc) is 3.43. The summed E-state index contributed by atoms with van der Waals surface area (Å²) in [6.07, 6.45) is 0. The second kappa shape index (κ2) is 7.78. The van der Waals surface area contributed by atoms with Gasteiger partial charge in [-0.25, -0.2) is 4.98 Å². The van der Waals surface area contributed by atoms with Crippen molar-refractivity contribution in [2.75, 3.05) is 0 Å². The van der Waals surface area contributed by atoms with Crippen LogP contribution in [-0.4, -0.2) is 4.98 Å². The van der Waals surface area contributed by atoms with Crippen molar-refractivity contribution in [3.8, 4) is 33.7 Å². The molecule has 2 nitrogen and oxygen atoms in total. The number of hydrogen-bond donors (Lipinski definition) is 0. The lowest BCUT2D eigenvalue weighted by Crippen LogP contribution is -1.90. The van der Waals surface area contributed by atoms with Gasteiger partial charge in [0.25, 0.3) is 0 Å². The highest BCUT2D eigenvalue weighted by atomic mass is 16.3. The van der Waals surface area contributed by atoms with Crippen molar-refractivity contribution in [2.45, 2.75) is 0 Å². The molecule has 0 aliphatic heterocycles. The Morgan fingerprint density at radius 3 is 1.62 bits per heavy atom. The molecule has 7 aromatic carbocycles. The van der Waals surface area contributed by atoms with Gasteiger partial charge in [0.05, 0.1) is 5.56 Å². The Balaban J connectivity index is 1.52. The summed E-state index contributed by atoms with van der Waals surface area (Å²) in [5, 5.41) is 7.17. The summed E-state index contributed by atoms with van der Waals surface area (Å²) in [6, 6.07) is 44.7. The van der Waals surface area contributed by atoms with Crippen LogP contribution in [0.1, 0.15) is 0 Å². The summed E-state index contributed by atoms with van der Waals surface area (Å²) < 4.78 is 6.78. The molecule has 0 radical (unpaired) electrons. The number of oxazole rings is 1. The molecule has 0 aliphatic rings. The van der Waals surface area contributed by atoms with Crippen molar-refractivity contribution in [2.24, 2.45) is 0 Å². The van der Waals surface area contributed by atoms with Crippen LogP contribution in [0, 0.1) is 0 Å². The first kappa shape index (κ1) is 20.3. The molecule has 0 aliphatic carbocycles. The van der Waals surface area contributed by atoms with Gasteiger partial charge in [-0.2, -0.15) is 0 Å². The first-order chi connectivity index (χ1) is 18.4. The second-order valence-corrected chi connectivity index (χ2v) is 9.53. The largest absolute Gasteiger partial charge is 0.435 e. The van der Waals surface area contributed by atoms with Crippen LogP contribution in [0.3, 0.4) is 0 Å². The maximum atomic E-state index is 6.78. The number of rotatable bonds is 3. The van der Waals surface area contributed by atoms with Gasteiger partial charge in [-0.3, -0.25) is 0 Å². The van der Waals surface area contributed by atoms with Gasteiger partial charge in [-0.1, -0.05) is 127 Å². The zero-order valence-corrected chi connectivity index (χ0v) is 20.0. The molecule has 1 heterocycles. The molecule has 0 spiro atoms. The van der Waals surface area contributed by atoms with E-state index in [1.54, 1.807) is 0 Å². The van der Waals surface area contributed by atoms with Crippen molar-refractivity contribution >= 4 is 43.4 Å². The molecule has 37 heavy (non-hydrogen) atoms. The molecular weight excluding hydrogens is 450 g/mol. The zero-order valence-electron chi connectivity index (χ0n) is 20.0. The number of nitrogens with zero attached hydrogens (tertiary/aromatic N) is 1. The quantitative estimate of drug-likeness (QED) is 0.240. The van der Waals surface area contributed by atoms with Crippen LogP contribution in [-0.2, 0) is 0 Å². The first-order valence-electron chi connectivity index (χ1n) is 12.6. The molecule has 8 rings (SSSR count). The third-order valence-electron chi connectivity index (χ3n) is 7.46. The van der Waals surface area contributed by atoms with E-state index in [9.17, 15) is 0 Å². The SMILES string of the molecule is c1ccc(-c2cccc(-c3ccccc3)c2-c2nc3c4cccc5ccc6cccc(c3o2)c6c54)cc1. The molecule has 0 unspecified atom stereocenters. The van der Waals surface area contributed by atoms with Gasteiger partial charge in [-0.15, -0.1) is 0 Å². The van der Waals surface area contributed by atoms with Crippen molar-refractivity contribution in [1.82, 2.24) is 4.98 Å². The van der Waals surface area contributed by atoms with E-state index in [4.69, 9.17) is 9.40 Å². The summed E-state index contributed by atoms with van der Waals surface area (Å²) in [4.78, 5) is 5.24. The summed E-state index contributed by atoms with van der Waals surface area (Å²) in [5.41, 5.74) is 7.25. The Kier molecular flexibility index (Phi) is 4.26. The summed E-state index contributed by atoms with van der Waals surface area (Å²) in [7, 11) is 0. The summed E-state index contributed by atoms with van der Waals surface area (Å²) in [5.74, 6) is 0.644. The van der Waals surface area contributed by atoms with Crippen LogP contribution in [0.2, 0.25) is 0 Å². The van der Waals surface area contributed by atoms with E-state index in [2.05, 4.69) is 115 Å². The van der Waals surface area contributed by atoms with E-state index in [1.165, 1.54) is 21.5 Å². The lowest BCUT2D eigenvalue weighted by atomic mass is 9.91. The number of hydrogen-bond acceptors (Lipinski definition) is 2. The van der Waals surface area contributed by atoms with Gasteiger partial charge < -0.3 is 4.42 Å². The minimum atomic E-state index is 0.644. The average molecular weight is 472 g/mol. The fraction of sp³-hybridized carbons (Fsp3) is 0. The lowest BCUT2D eigenvalue weighted by molar-refractivity contribution is 0.623. The van der Waals surface area contributed by atoms with Crippen LogP contribution in [0.5, 0.6) is 0 Å². The fourth-order valence-corrected chi connectivity index (χ4v) is 5.83. The van der Waals surface area contributed by atoms with Crippen molar-refractivity contribution in [3.05, 3.63) is 127 Å². The van der Waals surface area contributed by atoms with Crippen LogP contribution in [0.15, 0.2) is 132 Å². The number of benzene rings is 7. The van der Waals surface area contributed by atoms with E-state index >= 15 is 0 Å². The summed E-state index contributed by atoms with van der Waals surface area (Å²) in [6.45, 7) is 0. The van der Waals surface area contributed by atoms with Gasteiger partial charge in [0.15, 0.2) is 5.58 Å². The van der Waals surface area contributed by atoms with Gasteiger partial charge >= 0.3 is 0 Å². The maximum absolute atomic E-state index is 6.78. The van der Waals surface area contributed by atoms with Gasteiger partial charge in [0.2, 0.25) is 5.89 Å². The topological polar surface area (TPSA) is 26.0 Å². The maximum Gasteiger partial charge on any atom is 0.228 e. The Morgan fingerprint density at radius 2 is 1.00 bits per heavy atom. The van der Waals surface area contributed by atoms with Crippen molar-refractivity contribution in [1.29, 1.82) is 0 Å². The normalized spacial score (nSPS) is 11.8. The molecular formula is C35H21NO. The Bertz CT molecular complexity index is 1930. The molecule has 1 aromatic heterocycles. The predicted octanol–water partition coefficient (Wildman–Crippen LogP) is 9.73. The molecule has 8 aromatic rings. The first-order valence-corrected chi connectivity index (χ1v) is 12.6. The van der Waals surface area contributed by atoms with Crippen LogP contribution in [0.4, 0.5) is 0 Å². The van der Waals surface area contributed by atoms with E-state index < -0.39 is 0 Å². The molecule has 0 saturated heterocycles. The fourth-order valence-electron chi connectivity index (χ4n) is 5.83. The zero-order chi connectivity index (χ0) is 24.3. The minimum absolute atomic E-state index is 0.644. The minimum Gasteiger partial charge on any atom is -0.435 e. The van der Waals surface area contributed by atoms with Gasteiger partial charge in [-0.05, 0) is 38.4 Å². The Morgan fingerprint density at radius 1 is 0.459 bits per heavy atom. The van der Waals surface area contributed by atoms with Crippen molar-refractivity contribution in [3.63, 3.8) is 0 Å². The summed E-state index contributed by atoms with van der Waals surface area (Å²) >= 11 is 0. The Labute approximate surface area is 213 Å². The molecule has 0 amide bonds. The standard InChI is InChI=1S/C35H21NO/c1-3-10-22(11-4-1)26-16-9-17-27(23-12-5-2-6-13-23)32(26)35-36-33-28-18-7-14-24-20-21-25-15-8-19-29(34(33)37-35)31(25)30(24)28/h1-21H. The Hall–Kier alpha value is -4.95. The van der Waals surface area contributed by atoms with Gasteiger partial charge in [0.1, 0.15) is 5.52 Å². The number of fused-ring (bicyclic) bond motifs is 3. The van der Waals surface area contributed by atoms with Crippen LogP contribution in [0.25, 0.3) is 77.1 Å². The molecule has 0 saturated carbocycles.